The van der Waals surface area contributed by atoms with E-state index in [1.807, 2.05) is 0 Å². The van der Waals surface area contributed by atoms with Crippen LogP contribution >= 0.6 is 0 Å². The maximum absolute atomic E-state index is 2.55. The molecular formula is C27H34Si2. The maximum atomic E-state index is 2.55. The molecule has 1 fully saturated rings. The molecule has 2 heteroatoms. The number of hydrogen-bond acceptors (Lipinski definition) is 0. The Kier molecular flexibility index (Phi) is 4.12. The van der Waals surface area contributed by atoms with Crippen LogP contribution in [0.3, 0.4) is 0 Å². The second-order valence-electron chi connectivity index (χ2n) is 11.5. The van der Waals surface area contributed by atoms with Crippen LogP contribution in [-0.4, -0.2) is 16.1 Å². The van der Waals surface area contributed by atoms with Gasteiger partial charge in [0.1, 0.15) is 0 Å². The number of hydrogen-bond donors (Lipinski definition) is 0. The molecule has 3 aliphatic rings. The van der Waals surface area contributed by atoms with Gasteiger partial charge in [-0.1, -0.05) is 104 Å². The van der Waals surface area contributed by atoms with Crippen LogP contribution in [-0.2, 0) is 11.8 Å². The van der Waals surface area contributed by atoms with Crippen molar-refractivity contribution in [3.8, 4) is 11.1 Å². The zero-order valence-electron chi connectivity index (χ0n) is 18.9. The Labute approximate surface area is 178 Å². The summed E-state index contributed by atoms with van der Waals surface area (Å²) >= 11 is 0. The molecule has 0 saturated heterocycles. The number of fused-ring (bicyclic) bond motifs is 3. The number of benzene rings is 2. The van der Waals surface area contributed by atoms with Crippen LogP contribution < -0.4 is 10.4 Å². The molecule has 0 N–H and O–H groups in total. The molecule has 5 rings (SSSR count). The molecule has 0 spiro atoms. The van der Waals surface area contributed by atoms with Gasteiger partial charge in [0.15, 0.2) is 0 Å². The van der Waals surface area contributed by atoms with Gasteiger partial charge in [-0.3, -0.25) is 0 Å². The van der Waals surface area contributed by atoms with Gasteiger partial charge in [-0.25, -0.2) is 0 Å². The van der Waals surface area contributed by atoms with Crippen LogP contribution in [0.4, 0.5) is 0 Å². The Hall–Kier alpha value is -1.65. The minimum atomic E-state index is -1.43. The molecule has 2 aromatic carbocycles. The van der Waals surface area contributed by atoms with E-state index in [9.17, 15) is 0 Å². The normalized spacial score (nSPS) is 19.5. The quantitative estimate of drug-likeness (QED) is 0.451. The maximum Gasteiger partial charge on any atom is 0.0779 e. The van der Waals surface area contributed by atoms with Crippen molar-refractivity contribution in [3.05, 3.63) is 71.3 Å². The highest BCUT2D eigenvalue weighted by Gasteiger charge is 2.52. The summed E-state index contributed by atoms with van der Waals surface area (Å²) < 4.78 is 0. The Morgan fingerprint density at radius 1 is 0.793 bits per heavy atom. The molecular weight excluding hydrogens is 380 g/mol. The first kappa shape index (κ1) is 19.3. The molecule has 0 unspecified atom stereocenters. The van der Waals surface area contributed by atoms with E-state index in [4.69, 9.17) is 0 Å². The molecule has 3 aliphatic carbocycles. The summed E-state index contributed by atoms with van der Waals surface area (Å²) in [4.78, 5) is 0. The van der Waals surface area contributed by atoms with Crippen molar-refractivity contribution in [1.82, 2.24) is 0 Å². The fraction of sp³-hybridized carbons (Fsp3) is 0.407. The molecule has 2 aromatic rings. The molecule has 0 aliphatic heterocycles. The Bertz CT molecular complexity index is 1040. The van der Waals surface area contributed by atoms with E-state index < -0.39 is 16.1 Å². The van der Waals surface area contributed by atoms with Gasteiger partial charge in [0.05, 0.1) is 16.1 Å². The van der Waals surface area contributed by atoms with E-state index in [1.54, 1.807) is 27.1 Å². The summed E-state index contributed by atoms with van der Waals surface area (Å²) in [5, 5.41) is 3.31. The van der Waals surface area contributed by atoms with E-state index >= 15 is 0 Å². The summed E-state index contributed by atoms with van der Waals surface area (Å²) in [5.74, 6) is 0.588. The minimum Gasteiger partial charge on any atom is -0.0767 e. The van der Waals surface area contributed by atoms with Gasteiger partial charge in [0.2, 0.25) is 0 Å². The van der Waals surface area contributed by atoms with Gasteiger partial charge in [0.25, 0.3) is 0 Å². The highest BCUT2D eigenvalue weighted by molar-refractivity contribution is 6.89. The molecule has 1 saturated carbocycles. The highest BCUT2D eigenvalue weighted by Crippen LogP contribution is 2.58. The summed E-state index contributed by atoms with van der Waals surface area (Å²) in [6.45, 7) is 15.0. The monoisotopic (exact) mass is 414 g/mol. The third-order valence-corrected chi connectivity index (χ3v) is 11.5. The molecule has 0 radical (unpaired) electrons. The summed E-state index contributed by atoms with van der Waals surface area (Å²) in [7, 11) is -2.72. The van der Waals surface area contributed by atoms with E-state index in [0.29, 0.717) is 11.3 Å². The fourth-order valence-electron chi connectivity index (χ4n) is 5.62. The largest absolute Gasteiger partial charge is 0.0779 e. The highest BCUT2D eigenvalue weighted by atomic mass is 28.3. The fourth-order valence-corrected chi connectivity index (χ4v) is 8.55. The van der Waals surface area contributed by atoms with Crippen molar-refractivity contribution >= 4 is 26.5 Å². The molecule has 29 heavy (non-hydrogen) atoms. The lowest BCUT2D eigenvalue weighted by Gasteiger charge is -2.31. The van der Waals surface area contributed by atoms with Crippen LogP contribution in [0.2, 0.25) is 39.3 Å². The van der Waals surface area contributed by atoms with Gasteiger partial charge in [0, 0.05) is 11.3 Å². The lowest BCUT2D eigenvalue weighted by atomic mass is 9.80. The first-order chi connectivity index (χ1) is 13.6. The molecule has 0 amide bonds. The molecule has 0 bridgehead atoms. The van der Waals surface area contributed by atoms with Crippen LogP contribution in [0.1, 0.15) is 29.5 Å². The van der Waals surface area contributed by atoms with Crippen molar-refractivity contribution in [2.45, 2.75) is 64.0 Å². The standard InChI is InChI=1S/C27H34Si2/c1-28(2,3)21-11-12-22-19(17-21)18-24-23(22)13-14-25(29(4,5)6)26(24)27(15-16-27)20-9-7-8-10-20/h7-14,17,20H,15-16,18H2,1-6H3. The number of rotatable bonds is 4. The van der Waals surface area contributed by atoms with Crippen LogP contribution in [0, 0.1) is 5.92 Å². The second-order valence-corrected chi connectivity index (χ2v) is 21.6. The predicted molar refractivity (Wildman–Crippen MR) is 133 cm³/mol. The summed E-state index contributed by atoms with van der Waals surface area (Å²) in [6, 6.07) is 12.4. The van der Waals surface area contributed by atoms with Crippen molar-refractivity contribution in [3.63, 3.8) is 0 Å². The topological polar surface area (TPSA) is 0 Å². The van der Waals surface area contributed by atoms with E-state index in [1.165, 1.54) is 24.0 Å². The minimum absolute atomic E-state index is 0.355. The van der Waals surface area contributed by atoms with Gasteiger partial charge in [-0.15, -0.1) is 0 Å². The van der Waals surface area contributed by atoms with Crippen LogP contribution in [0.5, 0.6) is 0 Å². The molecule has 0 heterocycles. The Morgan fingerprint density at radius 2 is 1.45 bits per heavy atom. The second kappa shape index (κ2) is 6.18. The lowest BCUT2D eigenvalue weighted by molar-refractivity contribution is 0.587. The third-order valence-electron chi connectivity index (χ3n) is 7.42. The first-order valence-electron chi connectivity index (χ1n) is 11.3. The smallest absolute Gasteiger partial charge is 0.0767 e. The zero-order chi connectivity index (χ0) is 20.6. The van der Waals surface area contributed by atoms with Gasteiger partial charge in [-0.05, 0) is 47.1 Å². The molecule has 0 aromatic heterocycles. The molecule has 0 atom stereocenters. The summed E-state index contributed by atoms with van der Waals surface area (Å²) in [6.07, 6.45) is 13.2. The van der Waals surface area contributed by atoms with Crippen molar-refractivity contribution in [1.29, 1.82) is 0 Å². The van der Waals surface area contributed by atoms with Gasteiger partial charge in [-0.2, -0.15) is 0 Å². The predicted octanol–water partition coefficient (Wildman–Crippen LogP) is 6.12. The van der Waals surface area contributed by atoms with Crippen molar-refractivity contribution < 1.29 is 0 Å². The molecule has 150 valence electrons. The Morgan fingerprint density at radius 3 is 2.03 bits per heavy atom. The van der Waals surface area contributed by atoms with Gasteiger partial charge < -0.3 is 0 Å². The average molecular weight is 415 g/mol. The lowest BCUT2D eigenvalue weighted by Crippen LogP contribution is -2.43. The van der Waals surface area contributed by atoms with E-state index in [-0.39, 0.29) is 0 Å². The average Bonchev–Trinajstić information content (AvgIpc) is 3.10. The third kappa shape index (κ3) is 2.99. The van der Waals surface area contributed by atoms with Crippen LogP contribution in [0.15, 0.2) is 54.6 Å². The van der Waals surface area contributed by atoms with Crippen LogP contribution in [0.25, 0.3) is 11.1 Å². The number of allylic oxidation sites excluding steroid dienone is 4. The zero-order valence-corrected chi connectivity index (χ0v) is 20.9. The molecule has 0 nitrogen and oxygen atoms in total. The SMILES string of the molecule is C[Si](C)(C)c1ccc2c(c1)Cc1c-2ccc([Si](C)(C)C)c1C1(C2C=CC=C2)CC1. The van der Waals surface area contributed by atoms with Gasteiger partial charge >= 0.3 is 0 Å². The van der Waals surface area contributed by atoms with Crippen molar-refractivity contribution in [2.75, 3.05) is 0 Å². The first-order valence-corrected chi connectivity index (χ1v) is 18.3. The van der Waals surface area contributed by atoms with E-state index in [2.05, 4.69) is 93.9 Å². The Balaban J connectivity index is 1.71. The van der Waals surface area contributed by atoms with Crippen molar-refractivity contribution in [2.24, 2.45) is 5.92 Å². The van der Waals surface area contributed by atoms with E-state index in [0.717, 1.165) is 6.42 Å². The summed E-state index contributed by atoms with van der Waals surface area (Å²) in [5.41, 5.74) is 8.37.